The van der Waals surface area contributed by atoms with Crippen LogP contribution in [0.3, 0.4) is 0 Å². The van der Waals surface area contributed by atoms with Gasteiger partial charge in [-0.3, -0.25) is 14.4 Å². The van der Waals surface area contributed by atoms with Crippen LogP contribution in [0.25, 0.3) is 0 Å². The average Bonchev–Trinajstić information content (AvgIpc) is 3.60. The molecule has 1 saturated carbocycles. The fraction of sp³-hybridized carbons (Fsp3) is 0.524. The van der Waals surface area contributed by atoms with Crippen LogP contribution in [0.15, 0.2) is 29.3 Å². The van der Waals surface area contributed by atoms with Gasteiger partial charge in [0.25, 0.3) is 5.91 Å². The second kappa shape index (κ2) is 12.5. The number of amides is 3. The van der Waals surface area contributed by atoms with Crippen molar-refractivity contribution in [1.29, 1.82) is 0 Å². The van der Waals surface area contributed by atoms with E-state index in [0.29, 0.717) is 44.2 Å². The fourth-order valence-electron chi connectivity index (χ4n) is 3.12. The van der Waals surface area contributed by atoms with E-state index in [9.17, 15) is 14.4 Å². The second-order valence-corrected chi connectivity index (χ2v) is 7.46. The number of carbonyl (C=O) groups excluding carboxylic acids is 3. The van der Waals surface area contributed by atoms with Crippen molar-refractivity contribution in [3.8, 4) is 0 Å². The molecule has 2 aliphatic rings. The van der Waals surface area contributed by atoms with Gasteiger partial charge in [0, 0.05) is 44.2 Å². The van der Waals surface area contributed by atoms with Gasteiger partial charge >= 0.3 is 0 Å². The van der Waals surface area contributed by atoms with Crippen molar-refractivity contribution in [3.63, 3.8) is 0 Å². The highest BCUT2D eigenvalue weighted by Crippen LogP contribution is 2.28. The Hall–Kier alpha value is -2.37. The standard InChI is InChI=1S/C21H30N6O3.HI/c1-2-22-21(25-10-9-24-19(29)16-7-8-16)26-13-15-3-5-17(6-4-15)20(30)27-12-11-23-18(28)14-27;/h3-6,16H,2,7-14H2,1H3,(H,23,28)(H,24,29)(H2,22,25,26);1H. The lowest BCUT2D eigenvalue weighted by Gasteiger charge is -2.26. The third-order valence-corrected chi connectivity index (χ3v) is 4.96. The van der Waals surface area contributed by atoms with Crippen LogP contribution in [-0.2, 0) is 16.1 Å². The number of halogens is 1. The molecule has 1 aromatic rings. The van der Waals surface area contributed by atoms with Crippen molar-refractivity contribution in [1.82, 2.24) is 26.2 Å². The van der Waals surface area contributed by atoms with Gasteiger partial charge in [-0.05, 0) is 37.5 Å². The predicted molar refractivity (Wildman–Crippen MR) is 129 cm³/mol. The maximum absolute atomic E-state index is 12.5. The molecule has 9 nitrogen and oxygen atoms in total. The van der Waals surface area contributed by atoms with Gasteiger partial charge in [0.2, 0.25) is 11.8 Å². The molecule has 3 amide bonds. The lowest BCUT2D eigenvalue weighted by atomic mass is 10.1. The second-order valence-electron chi connectivity index (χ2n) is 7.46. The molecule has 10 heteroatoms. The third-order valence-electron chi connectivity index (χ3n) is 4.96. The monoisotopic (exact) mass is 542 g/mol. The van der Waals surface area contributed by atoms with Gasteiger partial charge in [-0.2, -0.15) is 0 Å². The van der Waals surface area contributed by atoms with Crippen molar-refractivity contribution < 1.29 is 14.4 Å². The van der Waals surface area contributed by atoms with Gasteiger partial charge in [0.1, 0.15) is 0 Å². The Morgan fingerprint density at radius 1 is 1.13 bits per heavy atom. The molecule has 0 atom stereocenters. The minimum atomic E-state index is -0.136. The van der Waals surface area contributed by atoms with Crippen LogP contribution in [0.1, 0.15) is 35.7 Å². The zero-order valence-electron chi connectivity index (χ0n) is 17.8. The first kappa shape index (κ1) is 24.9. The van der Waals surface area contributed by atoms with Gasteiger partial charge < -0.3 is 26.2 Å². The summed E-state index contributed by atoms with van der Waals surface area (Å²) in [6.45, 7) is 5.46. The average molecular weight is 542 g/mol. The van der Waals surface area contributed by atoms with Crippen LogP contribution < -0.4 is 21.3 Å². The van der Waals surface area contributed by atoms with Crippen LogP contribution in [0.5, 0.6) is 0 Å². The molecule has 170 valence electrons. The molecule has 1 aliphatic heterocycles. The molecule has 0 unspecified atom stereocenters. The van der Waals surface area contributed by atoms with E-state index in [-0.39, 0.29) is 54.2 Å². The number of carbonyl (C=O) groups is 3. The largest absolute Gasteiger partial charge is 0.357 e. The number of hydrogen-bond acceptors (Lipinski definition) is 4. The van der Waals surface area contributed by atoms with E-state index in [1.165, 1.54) is 0 Å². The quantitative estimate of drug-likeness (QED) is 0.165. The number of hydrogen-bond donors (Lipinski definition) is 4. The number of piperazine rings is 1. The summed E-state index contributed by atoms with van der Waals surface area (Å²) in [6.07, 6.45) is 2.00. The zero-order valence-corrected chi connectivity index (χ0v) is 20.1. The molecular weight excluding hydrogens is 511 g/mol. The molecule has 1 aromatic carbocycles. The van der Waals surface area contributed by atoms with E-state index in [2.05, 4.69) is 26.3 Å². The molecule has 1 saturated heterocycles. The van der Waals surface area contributed by atoms with Crippen molar-refractivity contribution in [2.45, 2.75) is 26.3 Å². The van der Waals surface area contributed by atoms with Crippen LogP contribution in [0.4, 0.5) is 0 Å². The molecule has 3 rings (SSSR count). The van der Waals surface area contributed by atoms with E-state index in [4.69, 9.17) is 0 Å². The van der Waals surface area contributed by atoms with Gasteiger partial charge in [-0.1, -0.05) is 12.1 Å². The van der Waals surface area contributed by atoms with Crippen LogP contribution >= 0.6 is 24.0 Å². The third kappa shape index (κ3) is 8.00. The SMILES string of the molecule is CCNC(=NCc1ccc(C(=O)N2CCNC(=O)C2)cc1)NCCNC(=O)C1CC1.I. The van der Waals surface area contributed by atoms with E-state index < -0.39 is 0 Å². The van der Waals surface area contributed by atoms with Crippen molar-refractivity contribution in [2.75, 3.05) is 39.3 Å². The highest BCUT2D eigenvalue weighted by molar-refractivity contribution is 14.0. The summed E-state index contributed by atoms with van der Waals surface area (Å²) in [5.41, 5.74) is 1.54. The van der Waals surface area contributed by atoms with Gasteiger partial charge in [-0.15, -0.1) is 24.0 Å². The Kier molecular flexibility index (Phi) is 10.0. The Morgan fingerprint density at radius 2 is 1.84 bits per heavy atom. The van der Waals surface area contributed by atoms with Crippen molar-refractivity contribution in [2.24, 2.45) is 10.9 Å². The molecule has 2 fully saturated rings. The zero-order chi connectivity index (χ0) is 21.3. The van der Waals surface area contributed by atoms with Crippen molar-refractivity contribution >= 4 is 47.7 Å². The summed E-state index contributed by atoms with van der Waals surface area (Å²) in [4.78, 5) is 41.8. The Morgan fingerprint density at radius 3 is 2.48 bits per heavy atom. The van der Waals surface area contributed by atoms with E-state index in [0.717, 1.165) is 24.9 Å². The normalized spacial score (nSPS) is 16.1. The van der Waals surface area contributed by atoms with E-state index in [1.54, 1.807) is 17.0 Å². The summed E-state index contributed by atoms with van der Waals surface area (Å²) in [5, 5.41) is 12.0. The minimum absolute atomic E-state index is 0. The molecule has 0 radical (unpaired) electrons. The minimum Gasteiger partial charge on any atom is -0.357 e. The Labute approximate surface area is 199 Å². The first-order valence-electron chi connectivity index (χ1n) is 10.5. The first-order chi connectivity index (χ1) is 14.6. The summed E-state index contributed by atoms with van der Waals surface area (Å²) < 4.78 is 0. The summed E-state index contributed by atoms with van der Waals surface area (Å²) in [6, 6.07) is 7.29. The lowest BCUT2D eigenvalue weighted by Crippen LogP contribution is -2.49. The van der Waals surface area contributed by atoms with Gasteiger partial charge in [-0.25, -0.2) is 4.99 Å². The lowest BCUT2D eigenvalue weighted by molar-refractivity contribution is -0.123. The van der Waals surface area contributed by atoms with E-state index in [1.807, 2.05) is 19.1 Å². The molecule has 31 heavy (non-hydrogen) atoms. The summed E-state index contributed by atoms with van der Waals surface area (Å²) >= 11 is 0. The molecule has 4 N–H and O–H groups in total. The molecular formula is C21H31IN6O3. The highest BCUT2D eigenvalue weighted by Gasteiger charge is 2.29. The predicted octanol–water partition coefficient (Wildman–Crippen LogP) is 0.458. The number of benzene rings is 1. The van der Waals surface area contributed by atoms with Crippen LogP contribution in [0.2, 0.25) is 0 Å². The number of nitrogens with one attached hydrogen (secondary N) is 4. The number of aliphatic imine (C=N–C) groups is 1. The molecule has 1 heterocycles. The number of guanidine groups is 1. The fourth-order valence-corrected chi connectivity index (χ4v) is 3.12. The first-order valence-corrected chi connectivity index (χ1v) is 10.5. The number of rotatable bonds is 8. The molecule has 0 spiro atoms. The smallest absolute Gasteiger partial charge is 0.254 e. The topological polar surface area (TPSA) is 115 Å². The maximum atomic E-state index is 12.5. The van der Waals surface area contributed by atoms with Crippen LogP contribution in [-0.4, -0.2) is 67.8 Å². The summed E-state index contributed by atoms with van der Waals surface area (Å²) in [7, 11) is 0. The summed E-state index contributed by atoms with van der Waals surface area (Å²) in [5.74, 6) is 0.768. The Bertz CT molecular complexity index is 795. The van der Waals surface area contributed by atoms with Crippen molar-refractivity contribution in [3.05, 3.63) is 35.4 Å². The van der Waals surface area contributed by atoms with E-state index >= 15 is 0 Å². The molecule has 1 aliphatic carbocycles. The maximum Gasteiger partial charge on any atom is 0.254 e. The van der Waals surface area contributed by atoms with Gasteiger partial charge in [0.15, 0.2) is 5.96 Å². The van der Waals surface area contributed by atoms with Gasteiger partial charge in [0.05, 0.1) is 13.1 Å². The molecule has 0 aromatic heterocycles. The Balaban J connectivity index is 0.00000341. The number of nitrogens with zero attached hydrogens (tertiary/aromatic N) is 2. The van der Waals surface area contributed by atoms with Crippen LogP contribution in [0, 0.1) is 5.92 Å². The highest BCUT2D eigenvalue weighted by atomic mass is 127. The molecule has 0 bridgehead atoms.